The smallest absolute Gasteiger partial charge is 0.265 e. The second kappa shape index (κ2) is 7.73. The summed E-state index contributed by atoms with van der Waals surface area (Å²) in [6.45, 7) is 3.96. The van der Waals surface area contributed by atoms with Gasteiger partial charge in [-0.1, -0.05) is 0 Å². The van der Waals surface area contributed by atoms with Gasteiger partial charge in [0.25, 0.3) is 5.91 Å². The number of rotatable bonds is 7. The molecule has 2 N–H and O–H groups in total. The second-order valence-corrected chi connectivity index (χ2v) is 10.3. The van der Waals surface area contributed by atoms with Crippen LogP contribution in [0, 0.1) is 5.92 Å². The standard InChI is InChI=1S/C18H27N3O5S/c1-18(2,17(22)20-23)27(24,25)21-9-7-14(8-10-21)16-6-5-15(11-19-16)26-12-13-3-4-13/h5-6,11,13-14,23H,3-4,7-10,12H2,1-2H3,(H,20,22). The maximum atomic E-state index is 12.7. The first-order valence-electron chi connectivity index (χ1n) is 9.28. The van der Waals surface area contributed by atoms with E-state index in [4.69, 9.17) is 9.94 Å². The number of hydrogen-bond donors (Lipinski definition) is 2. The minimum absolute atomic E-state index is 0.170. The van der Waals surface area contributed by atoms with Crippen LogP contribution in [0.4, 0.5) is 0 Å². The highest BCUT2D eigenvalue weighted by atomic mass is 32.2. The first-order valence-corrected chi connectivity index (χ1v) is 10.7. The van der Waals surface area contributed by atoms with Gasteiger partial charge in [0.15, 0.2) is 4.75 Å². The monoisotopic (exact) mass is 397 g/mol. The molecule has 8 nitrogen and oxygen atoms in total. The minimum Gasteiger partial charge on any atom is -0.492 e. The van der Waals surface area contributed by atoms with Crippen LogP contribution >= 0.6 is 0 Å². The average molecular weight is 397 g/mol. The Morgan fingerprint density at radius 3 is 2.48 bits per heavy atom. The third-order valence-corrected chi connectivity index (χ3v) is 7.97. The highest BCUT2D eigenvalue weighted by molar-refractivity contribution is 7.91. The molecule has 1 aromatic rings. The predicted molar refractivity (Wildman–Crippen MR) is 98.9 cm³/mol. The maximum Gasteiger partial charge on any atom is 0.265 e. The van der Waals surface area contributed by atoms with Crippen molar-refractivity contribution in [3.05, 3.63) is 24.0 Å². The number of ether oxygens (including phenoxy) is 1. The van der Waals surface area contributed by atoms with E-state index in [1.54, 1.807) is 6.20 Å². The van der Waals surface area contributed by atoms with E-state index in [1.165, 1.54) is 36.5 Å². The molecule has 0 atom stereocenters. The van der Waals surface area contributed by atoms with Gasteiger partial charge >= 0.3 is 0 Å². The third kappa shape index (κ3) is 4.25. The number of nitrogens with one attached hydrogen (secondary N) is 1. The summed E-state index contributed by atoms with van der Waals surface area (Å²) in [5.41, 5.74) is 2.37. The van der Waals surface area contributed by atoms with E-state index in [0.717, 1.165) is 18.1 Å². The van der Waals surface area contributed by atoms with Gasteiger partial charge in [-0.2, -0.15) is 0 Å². The maximum absolute atomic E-state index is 12.7. The zero-order chi connectivity index (χ0) is 19.7. The van der Waals surface area contributed by atoms with Crippen molar-refractivity contribution >= 4 is 15.9 Å². The molecule has 3 rings (SSSR count). The Bertz CT molecular complexity index is 767. The Balaban J connectivity index is 1.58. The predicted octanol–water partition coefficient (Wildman–Crippen LogP) is 1.66. The van der Waals surface area contributed by atoms with Crippen LogP contribution in [0.15, 0.2) is 18.3 Å². The molecule has 0 bridgehead atoms. The molecule has 0 aromatic carbocycles. The molecule has 0 radical (unpaired) electrons. The molecule has 150 valence electrons. The largest absolute Gasteiger partial charge is 0.492 e. The fourth-order valence-corrected chi connectivity index (χ4v) is 4.80. The average Bonchev–Trinajstić information content (AvgIpc) is 3.50. The zero-order valence-electron chi connectivity index (χ0n) is 15.7. The Kier molecular flexibility index (Phi) is 5.73. The molecule has 2 aliphatic rings. The molecule has 2 heterocycles. The van der Waals surface area contributed by atoms with Crippen molar-refractivity contribution in [3.63, 3.8) is 0 Å². The number of hydrogen-bond acceptors (Lipinski definition) is 6. The van der Waals surface area contributed by atoms with Crippen molar-refractivity contribution in [2.24, 2.45) is 5.92 Å². The van der Waals surface area contributed by atoms with Gasteiger partial charge in [0.2, 0.25) is 10.0 Å². The lowest BCUT2D eigenvalue weighted by atomic mass is 9.94. The van der Waals surface area contributed by atoms with Crippen LogP contribution in [-0.4, -0.2) is 53.3 Å². The van der Waals surface area contributed by atoms with Gasteiger partial charge in [-0.25, -0.2) is 18.2 Å². The molecule has 1 amide bonds. The van der Waals surface area contributed by atoms with Crippen molar-refractivity contribution in [1.29, 1.82) is 0 Å². The zero-order valence-corrected chi connectivity index (χ0v) is 16.5. The van der Waals surface area contributed by atoms with Crippen molar-refractivity contribution in [1.82, 2.24) is 14.8 Å². The van der Waals surface area contributed by atoms with Gasteiger partial charge in [-0.3, -0.25) is 15.0 Å². The molecule has 27 heavy (non-hydrogen) atoms. The molecular weight excluding hydrogens is 370 g/mol. The summed E-state index contributed by atoms with van der Waals surface area (Å²) in [5, 5.41) is 8.82. The molecule has 2 fully saturated rings. The van der Waals surface area contributed by atoms with E-state index in [2.05, 4.69) is 4.98 Å². The molecule has 0 unspecified atom stereocenters. The number of sulfonamides is 1. The van der Waals surface area contributed by atoms with Crippen LogP contribution in [0.5, 0.6) is 5.75 Å². The van der Waals surface area contributed by atoms with Crippen LogP contribution in [0.3, 0.4) is 0 Å². The van der Waals surface area contributed by atoms with E-state index in [1.807, 2.05) is 12.1 Å². The van der Waals surface area contributed by atoms with Crippen molar-refractivity contribution in [3.8, 4) is 5.75 Å². The van der Waals surface area contributed by atoms with Crippen LogP contribution in [0.25, 0.3) is 0 Å². The lowest BCUT2D eigenvalue weighted by Crippen LogP contribution is -2.54. The quantitative estimate of drug-likeness (QED) is 0.535. The lowest BCUT2D eigenvalue weighted by Gasteiger charge is -2.35. The van der Waals surface area contributed by atoms with Gasteiger partial charge in [-0.15, -0.1) is 0 Å². The summed E-state index contributed by atoms with van der Waals surface area (Å²) in [7, 11) is -3.87. The van der Waals surface area contributed by atoms with Crippen LogP contribution in [0.1, 0.15) is 51.1 Å². The molecule has 1 aromatic heterocycles. The van der Waals surface area contributed by atoms with E-state index < -0.39 is 20.7 Å². The number of amides is 1. The van der Waals surface area contributed by atoms with Crippen LogP contribution in [0.2, 0.25) is 0 Å². The third-order valence-electron chi connectivity index (χ3n) is 5.45. The molecule has 1 aliphatic heterocycles. The van der Waals surface area contributed by atoms with Gasteiger partial charge in [-0.05, 0) is 57.6 Å². The normalized spacial score (nSPS) is 19.7. The number of nitrogens with zero attached hydrogens (tertiary/aromatic N) is 2. The lowest BCUT2D eigenvalue weighted by molar-refractivity contribution is -0.131. The highest BCUT2D eigenvalue weighted by Crippen LogP contribution is 2.32. The van der Waals surface area contributed by atoms with Gasteiger partial charge in [0.1, 0.15) is 5.75 Å². The Labute approximate surface area is 159 Å². The van der Waals surface area contributed by atoms with Crippen molar-refractivity contribution < 1.29 is 23.2 Å². The van der Waals surface area contributed by atoms with Crippen molar-refractivity contribution in [2.75, 3.05) is 19.7 Å². The summed E-state index contributed by atoms with van der Waals surface area (Å²) >= 11 is 0. The first-order chi connectivity index (χ1) is 12.8. The fourth-order valence-electron chi connectivity index (χ4n) is 3.18. The summed E-state index contributed by atoms with van der Waals surface area (Å²) in [4.78, 5) is 16.2. The summed E-state index contributed by atoms with van der Waals surface area (Å²) in [6, 6.07) is 3.86. The topological polar surface area (TPSA) is 109 Å². The van der Waals surface area contributed by atoms with E-state index in [0.29, 0.717) is 31.8 Å². The van der Waals surface area contributed by atoms with E-state index >= 15 is 0 Å². The van der Waals surface area contributed by atoms with Crippen molar-refractivity contribution in [2.45, 2.75) is 50.2 Å². The molecule has 1 saturated heterocycles. The SMILES string of the molecule is CC(C)(C(=O)NO)S(=O)(=O)N1CCC(c2ccc(OCC3CC3)cn2)CC1. The molecule has 9 heteroatoms. The number of hydroxylamine groups is 1. The van der Waals surface area contributed by atoms with Gasteiger partial charge < -0.3 is 4.74 Å². The second-order valence-electron chi connectivity index (χ2n) is 7.80. The van der Waals surface area contributed by atoms with Gasteiger partial charge in [0.05, 0.1) is 12.8 Å². The molecular formula is C18H27N3O5S. The summed E-state index contributed by atoms with van der Waals surface area (Å²) in [5.74, 6) is 0.687. The Hall–Kier alpha value is -1.71. The molecule has 0 spiro atoms. The number of carbonyl (C=O) groups excluding carboxylic acids is 1. The number of aromatic nitrogens is 1. The summed E-state index contributed by atoms with van der Waals surface area (Å²) < 4.78 is 30.8. The van der Waals surface area contributed by atoms with Crippen LogP contribution < -0.4 is 10.2 Å². The summed E-state index contributed by atoms with van der Waals surface area (Å²) in [6.07, 6.45) is 5.47. The highest BCUT2D eigenvalue weighted by Gasteiger charge is 2.46. The van der Waals surface area contributed by atoms with Crippen LogP contribution in [-0.2, 0) is 14.8 Å². The Morgan fingerprint density at radius 1 is 1.30 bits per heavy atom. The van der Waals surface area contributed by atoms with Gasteiger partial charge in [0, 0.05) is 24.7 Å². The number of carbonyl (C=O) groups is 1. The number of pyridine rings is 1. The Morgan fingerprint density at radius 2 is 1.96 bits per heavy atom. The molecule has 1 aliphatic carbocycles. The van der Waals surface area contributed by atoms with E-state index in [-0.39, 0.29) is 5.92 Å². The van der Waals surface area contributed by atoms with E-state index in [9.17, 15) is 13.2 Å². The fraction of sp³-hybridized carbons (Fsp3) is 0.667. The number of piperidine rings is 1. The minimum atomic E-state index is -3.87. The first kappa shape index (κ1) is 20.0. The molecule has 1 saturated carbocycles.